The summed E-state index contributed by atoms with van der Waals surface area (Å²) in [5.41, 5.74) is 0.952. The maximum atomic E-state index is 13.1. The summed E-state index contributed by atoms with van der Waals surface area (Å²) in [6, 6.07) is 5.63. The Bertz CT molecular complexity index is 1000. The van der Waals surface area contributed by atoms with Crippen molar-refractivity contribution in [3.8, 4) is 5.69 Å². The Morgan fingerprint density at radius 2 is 2.08 bits per heavy atom. The summed E-state index contributed by atoms with van der Waals surface area (Å²) in [7, 11) is 0. The van der Waals surface area contributed by atoms with E-state index < -0.39 is 5.56 Å². The molecule has 2 heterocycles. The fraction of sp³-hybridized carbons (Fsp3) is 0.176. The van der Waals surface area contributed by atoms with E-state index in [4.69, 9.17) is 0 Å². The van der Waals surface area contributed by atoms with Gasteiger partial charge in [0.25, 0.3) is 5.56 Å². The number of aromatic nitrogens is 4. The zero-order valence-electron chi connectivity index (χ0n) is 13.6. The molecule has 0 saturated carbocycles. The lowest BCUT2D eigenvalue weighted by molar-refractivity contribution is -0.121. The van der Waals surface area contributed by atoms with Crippen molar-refractivity contribution in [2.45, 2.75) is 13.5 Å². The van der Waals surface area contributed by atoms with Crippen molar-refractivity contribution in [3.05, 3.63) is 65.0 Å². The van der Waals surface area contributed by atoms with E-state index in [1.54, 1.807) is 13.0 Å². The van der Waals surface area contributed by atoms with Crippen LogP contribution in [0.5, 0.6) is 0 Å². The van der Waals surface area contributed by atoms with Crippen LogP contribution in [0.25, 0.3) is 16.6 Å². The first kappa shape index (κ1) is 16.6. The first-order chi connectivity index (χ1) is 12.0. The molecule has 3 rings (SSSR count). The monoisotopic (exact) mass is 341 g/mol. The third-order valence-electron chi connectivity index (χ3n) is 3.67. The lowest BCUT2D eigenvalue weighted by atomic mass is 10.2. The standard InChI is InChI=1S/C17H16FN5O2/c1-3-8-19-15(24)10-22-17(25)16-14(11(2)21-22)9-20-23(16)13-6-4-12(18)5-7-13/h3-7,9H,1,8,10H2,2H3,(H,19,24). The fourth-order valence-electron chi connectivity index (χ4n) is 2.48. The minimum Gasteiger partial charge on any atom is -0.351 e. The molecule has 0 spiro atoms. The molecule has 0 radical (unpaired) electrons. The minimum atomic E-state index is -0.448. The van der Waals surface area contributed by atoms with Gasteiger partial charge in [0.1, 0.15) is 17.9 Å². The highest BCUT2D eigenvalue weighted by molar-refractivity contribution is 5.82. The van der Waals surface area contributed by atoms with Crippen molar-refractivity contribution in [1.29, 1.82) is 0 Å². The number of hydrogen-bond donors (Lipinski definition) is 1. The van der Waals surface area contributed by atoms with Gasteiger partial charge in [-0.3, -0.25) is 9.59 Å². The molecule has 0 atom stereocenters. The van der Waals surface area contributed by atoms with Gasteiger partial charge < -0.3 is 5.32 Å². The molecule has 0 bridgehead atoms. The second-order valence-corrected chi connectivity index (χ2v) is 5.44. The predicted molar refractivity (Wildman–Crippen MR) is 91.0 cm³/mol. The summed E-state index contributed by atoms with van der Waals surface area (Å²) in [4.78, 5) is 24.7. The third kappa shape index (κ3) is 3.18. The Hall–Kier alpha value is -3.29. The quantitative estimate of drug-likeness (QED) is 0.710. The molecule has 25 heavy (non-hydrogen) atoms. The summed E-state index contributed by atoms with van der Waals surface area (Å²) in [5, 5.41) is 11.6. The van der Waals surface area contributed by atoms with Crippen molar-refractivity contribution in [2.75, 3.05) is 6.54 Å². The average Bonchev–Trinajstić information content (AvgIpc) is 3.04. The zero-order valence-corrected chi connectivity index (χ0v) is 13.6. The molecule has 0 aliphatic heterocycles. The molecule has 128 valence electrons. The van der Waals surface area contributed by atoms with Gasteiger partial charge >= 0.3 is 0 Å². The van der Waals surface area contributed by atoms with Crippen molar-refractivity contribution >= 4 is 16.8 Å². The van der Waals surface area contributed by atoms with Gasteiger partial charge in [0.15, 0.2) is 0 Å². The van der Waals surface area contributed by atoms with Gasteiger partial charge in [-0.25, -0.2) is 13.8 Å². The van der Waals surface area contributed by atoms with E-state index in [-0.39, 0.29) is 23.8 Å². The van der Waals surface area contributed by atoms with Crippen LogP contribution in [0.3, 0.4) is 0 Å². The smallest absolute Gasteiger partial charge is 0.293 e. The number of benzene rings is 1. The summed E-state index contributed by atoms with van der Waals surface area (Å²) in [6.07, 6.45) is 3.08. The number of amides is 1. The fourth-order valence-corrected chi connectivity index (χ4v) is 2.48. The Kier molecular flexibility index (Phi) is 4.42. The van der Waals surface area contributed by atoms with Gasteiger partial charge in [0, 0.05) is 11.9 Å². The number of nitrogens with zero attached hydrogens (tertiary/aromatic N) is 4. The number of hydrogen-bond acceptors (Lipinski definition) is 4. The van der Waals surface area contributed by atoms with Crippen molar-refractivity contribution in [1.82, 2.24) is 24.9 Å². The van der Waals surface area contributed by atoms with E-state index in [1.165, 1.54) is 35.1 Å². The van der Waals surface area contributed by atoms with Gasteiger partial charge in [0.2, 0.25) is 5.91 Å². The van der Waals surface area contributed by atoms with Crippen LogP contribution in [0, 0.1) is 12.7 Å². The molecule has 8 heteroatoms. The summed E-state index contributed by atoms with van der Waals surface area (Å²) >= 11 is 0. The van der Waals surface area contributed by atoms with Gasteiger partial charge in [-0.15, -0.1) is 6.58 Å². The van der Waals surface area contributed by atoms with Crippen LogP contribution in [0.2, 0.25) is 0 Å². The first-order valence-corrected chi connectivity index (χ1v) is 7.60. The SMILES string of the molecule is C=CCNC(=O)Cn1nc(C)c2cnn(-c3ccc(F)cc3)c2c1=O. The Morgan fingerprint density at radius 1 is 1.36 bits per heavy atom. The molecule has 1 N–H and O–H groups in total. The van der Waals surface area contributed by atoms with Crippen LogP contribution < -0.4 is 10.9 Å². The Morgan fingerprint density at radius 3 is 2.76 bits per heavy atom. The predicted octanol–water partition coefficient (Wildman–Crippen LogP) is 1.33. The van der Waals surface area contributed by atoms with Crippen molar-refractivity contribution in [2.24, 2.45) is 0 Å². The van der Waals surface area contributed by atoms with Crippen LogP contribution in [0.15, 0.2) is 47.9 Å². The molecular weight excluding hydrogens is 325 g/mol. The van der Waals surface area contributed by atoms with Gasteiger partial charge in [-0.1, -0.05) is 6.08 Å². The van der Waals surface area contributed by atoms with Gasteiger partial charge in [-0.2, -0.15) is 10.2 Å². The third-order valence-corrected chi connectivity index (χ3v) is 3.67. The number of carbonyl (C=O) groups is 1. The van der Waals surface area contributed by atoms with E-state index in [1.807, 2.05) is 0 Å². The van der Waals surface area contributed by atoms with Gasteiger partial charge in [-0.05, 0) is 31.2 Å². The molecule has 1 aromatic carbocycles. The van der Waals surface area contributed by atoms with Crippen molar-refractivity contribution in [3.63, 3.8) is 0 Å². The number of fused-ring (bicyclic) bond motifs is 1. The molecule has 0 aliphatic rings. The van der Waals surface area contributed by atoms with Crippen LogP contribution in [-0.2, 0) is 11.3 Å². The maximum Gasteiger partial charge on any atom is 0.293 e. The van der Waals surface area contributed by atoms with Gasteiger partial charge in [0.05, 0.1) is 17.6 Å². The zero-order chi connectivity index (χ0) is 18.0. The highest BCUT2D eigenvalue weighted by atomic mass is 19.1. The Labute approximate surface area is 142 Å². The van der Waals surface area contributed by atoms with E-state index in [0.717, 1.165) is 4.68 Å². The highest BCUT2D eigenvalue weighted by Crippen LogP contribution is 2.17. The number of carbonyl (C=O) groups excluding carboxylic acids is 1. The summed E-state index contributed by atoms with van der Waals surface area (Å²) < 4.78 is 15.7. The van der Waals surface area contributed by atoms with Crippen LogP contribution in [0.4, 0.5) is 4.39 Å². The molecule has 0 aliphatic carbocycles. The first-order valence-electron chi connectivity index (χ1n) is 7.60. The molecule has 3 aromatic rings. The van der Waals surface area contributed by atoms with Crippen molar-refractivity contribution < 1.29 is 9.18 Å². The normalized spacial score (nSPS) is 10.8. The maximum absolute atomic E-state index is 13.1. The number of aryl methyl sites for hydroxylation is 1. The molecule has 7 nitrogen and oxygen atoms in total. The van der Waals surface area contributed by atoms with Crippen LogP contribution in [-0.4, -0.2) is 32.0 Å². The van der Waals surface area contributed by atoms with E-state index in [0.29, 0.717) is 23.3 Å². The van der Waals surface area contributed by atoms with Crippen LogP contribution >= 0.6 is 0 Å². The minimum absolute atomic E-state index is 0.210. The van der Waals surface area contributed by atoms with Crippen LogP contribution in [0.1, 0.15) is 5.69 Å². The molecule has 0 saturated heterocycles. The average molecular weight is 341 g/mol. The number of rotatable bonds is 5. The lowest BCUT2D eigenvalue weighted by Crippen LogP contribution is -2.34. The molecular formula is C17H16FN5O2. The number of halogens is 1. The molecule has 2 aromatic heterocycles. The summed E-state index contributed by atoms with van der Waals surface area (Å²) in [5.74, 6) is -0.726. The topological polar surface area (TPSA) is 81.8 Å². The molecule has 0 unspecified atom stereocenters. The molecule has 1 amide bonds. The largest absolute Gasteiger partial charge is 0.351 e. The number of nitrogens with one attached hydrogen (secondary N) is 1. The highest BCUT2D eigenvalue weighted by Gasteiger charge is 2.16. The second kappa shape index (κ2) is 6.68. The second-order valence-electron chi connectivity index (χ2n) is 5.44. The van der Waals surface area contributed by atoms with E-state index >= 15 is 0 Å². The lowest BCUT2D eigenvalue weighted by Gasteiger charge is -2.08. The molecule has 0 fully saturated rings. The van der Waals surface area contributed by atoms with E-state index in [2.05, 4.69) is 22.1 Å². The summed E-state index contributed by atoms with van der Waals surface area (Å²) in [6.45, 7) is 5.35. The van der Waals surface area contributed by atoms with E-state index in [9.17, 15) is 14.0 Å². The Balaban J connectivity index is 2.10.